The molecule has 0 saturated heterocycles. The van der Waals surface area contributed by atoms with Crippen molar-refractivity contribution in [1.29, 1.82) is 0 Å². The molecule has 3 saturated carbocycles. The molecule has 0 unspecified atom stereocenters. The maximum absolute atomic E-state index is 12.6. The van der Waals surface area contributed by atoms with Crippen LogP contribution in [0.25, 0.3) is 6.08 Å². The molecule has 3 atom stereocenters. The molecule has 0 radical (unpaired) electrons. The van der Waals surface area contributed by atoms with Crippen LogP contribution in [0.5, 0.6) is 0 Å². The van der Waals surface area contributed by atoms with Crippen LogP contribution in [-0.4, -0.2) is 5.78 Å². The quantitative estimate of drug-likeness (QED) is 0.684. The lowest BCUT2D eigenvalue weighted by atomic mass is 9.44. The second-order valence-corrected chi connectivity index (χ2v) is 6.96. The molecule has 19 heavy (non-hydrogen) atoms. The fourth-order valence-corrected chi connectivity index (χ4v) is 3.96. The molecular weight excluding hydrogens is 256 g/mol. The van der Waals surface area contributed by atoms with Gasteiger partial charge in [0.05, 0.1) is 0 Å². The van der Waals surface area contributed by atoms with Crippen molar-refractivity contribution in [3.8, 4) is 0 Å². The smallest absolute Gasteiger partial charge is 0.162 e. The molecule has 0 aliphatic heterocycles. The molecule has 0 aromatic heterocycles. The van der Waals surface area contributed by atoms with Crippen LogP contribution >= 0.6 is 11.6 Å². The molecule has 3 aliphatic carbocycles. The highest BCUT2D eigenvalue weighted by Gasteiger charge is 2.58. The molecule has 2 bridgehead atoms. The molecule has 2 heteroatoms. The molecule has 3 aliphatic rings. The number of fused-ring (bicyclic) bond motifs is 2. The topological polar surface area (TPSA) is 17.1 Å². The van der Waals surface area contributed by atoms with E-state index in [9.17, 15) is 4.79 Å². The fraction of sp³-hybridized carbons (Fsp3) is 0.471. The summed E-state index contributed by atoms with van der Waals surface area (Å²) >= 11 is 5.89. The summed E-state index contributed by atoms with van der Waals surface area (Å²) in [6.45, 7) is 6.67. The Kier molecular flexibility index (Phi) is 2.86. The van der Waals surface area contributed by atoms with E-state index in [0.717, 1.165) is 22.6 Å². The summed E-state index contributed by atoms with van der Waals surface area (Å²) in [6, 6.07) is 7.69. The fourth-order valence-electron chi connectivity index (χ4n) is 3.84. The zero-order valence-electron chi connectivity index (χ0n) is 11.6. The van der Waals surface area contributed by atoms with Crippen LogP contribution in [0.3, 0.4) is 0 Å². The van der Waals surface area contributed by atoms with E-state index in [2.05, 4.69) is 26.8 Å². The average Bonchev–Trinajstić information content (AvgIpc) is 2.35. The maximum Gasteiger partial charge on any atom is 0.162 e. The van der Waals surface area contributed by atoms with Crippen LogP contribution in [0.4, 0.5) is 0 Å². The predicted octanol–water partition coefficient (Wildman–Crippen LogP) is 4.60. The van der Waals surface area contributed by atoms with Crippen LogP contribution in [-0.2, 0) is 4.79 Å². The Hall–Kier alpha value is -1.08. The highest BCUT2D eigenvalue weighted by atomic mass is 35.5. The van der Waals surface area contributed by atoms with Crippen molar-refractivity contribution >= 4 is 23.5 Å². The highest BCUT2D eigenvalue weighted by molar-refractivity contribution is 6.30. The Bertz CT molecular complexity index is 553. The molecule has 0 spiro atoms. The number of halogens is 1. The van der Waals surface area contributed by atoms with Crippen LogP contribution in [0, 0.1) is 23.2 Å². The third-order valence-corrected chi connectivity index (χ3v) is 5.48. The summed E-state index contributed by atoms with van der Waals surface area (Å²) in [5, 5.41) is 0.731. The van der Waals surface area contributed by atoms with E-state index in [1.807, 2.05) is 24.3 Å². The molecule has 0 amide bonds. The molecule has 100 valence electrons. The molecule has 0 N–H and O–H groups in total. The van der Waals surface area contributed by atoms with Crippen molar-refractivity contribution < 1.29 is 4.79 Å². The van der Waals surface area contributed by atoms with Gasteiger partial charge in [-0.2, -0.15) is 0 Å². The summed E-state index contributed by atoms with van der Waals surface area (Å²) < 4.78 is 0. The lowest BCUT2D eigenvalue weighted by molar-refractivity contribution is -0.146. The second kappa shape index (κ2) is 4.21. The predicted molar refractivity (Wildman–Crippen MR) is 79.0 cm³/mol. The molecule has 0 heterocycles. The maximum atomic E-state index is 12.6. The van der Waals surface area contributed by atoms with E-state index in [0.29, 0.717) is 17.6 Å². The minimum absolute atomic E-state index is 0.188. The van der Waals surface area contributed by atoms with Gasteiger partial charge in [-0.3, -0.25) is 4.79 Å². The Morgan fingerprint density at radius 1 is 1.26 bits per heavy atom. The largest absolute Gasteiger partial charge is 0.294 e. The van der Waals surface area contributed by atoms with Gasteiger partial charge >= 0.3 is 0 Å². The minimum Gasteiger partial charge on any atom is -0.294 e. The average molecular weight is 275 g/mol. The number of carbonyl (C=O) groups is 1. The summed E-state index contributed by atoms with van der Waals surface area (Å²) in [5.41, 5.74) is 2.26. The monoisotopic (exact) mass is 274 g/mol. The molecule has 1 aromatic rings. The van der Waals surface area contributed by atoms with E-state index < -0.39 is 0 Å². The number of rotatable bonds is 1. The molecule has 1 aromatic carbocycles. The van der Waals surface area contributed by atoms with Crippen molar-refractivity contribution in [3.05, 3.63) is 40.4 Å². The lowest BCUT2D eigenvalue weighted by Gasteiger charge is -2.59. The number of hydrogen-bond donors (Lipinski definition) is 0. The first-order valence-corrected chi connectivity index (χ1v) is 7.30. The summed E-state index contributed by atoms with van der Waals surface area (Å²) in [5.74, 6) is 1.60. The van der Waals surface area contributed by atoms with Crippen molar-refractivity contribution in [2.24, 2.45) is 23.2 Å². The Labute approximate surface area is 119 Å². The third kappa shape index (κ3) is 1.87. The first-order valence-electron chi connectivity index (χ1n) is 6.92. The van der Waals surface area contributed by atoms with Crippen LogP contribution in [0.2, 0.25) is 5.02 Å². The van der Waals surface area contributed by atoms with Crippen molar-refractivity contribution in [3.63, 3.8) is 0 Å². The van der Waals surface area contributed by atoms with E-state index >= 15 is 0 Å². The first kappa shape index (κ1) is 12.9. The molecular formula is C17H19ClO. The van der Waals surface area contributed by atoms with Gasteiger partial charge in [-0.1, -0.05) is 44.5 Å². The SMILES string of the molecule is C[C@@H]1/C(=C\c2ccc(Cl)cc2)C(=O)[C@H]2C[C@@H]1C2(C)C. The van der Waals surface area contributed by atoms with E-state index in [1.165, 1.54) is 0 Å². The van der Waals surface area contributed by atoms with Crippen molar-refractivity contribution in [2.45, 2.75) is 27.2 Å². The van der Waals surface area contributed by atoms with E-state index in [-0.39, 0.29) is 11.3 Å². The minimum atomic E-state index is 0.188. The summed E-state index contributed by atoms with van der Waals surface area (Å²) in [6.07, 6.45) is 3.13. The standard InChI is InChI=1S/C17H19ClO/c1-10-13(8-11-4-6-12(18)7-5-11)16(19)15-9-14(10)17(15,2)3/h4-8,10,14-15H,9H2,1-3H3/b13-8+/t10-,14+,15-/m1/s1. The van der Waals surface area contributed by atoms with Gasteiger partial charge in [0.25, 0.3) is 0 Å². The highest BCUT2D eigenvalue weighted by Crippen LogP contribution is 2.61. The first-order chi connectivity index (χ1) is 8.91. The van der Waals surface area contributed by atoms with Crippen LogP contribution in [0.1, 0.15) is 32.8 Å². The van der Waals surface area contributed by atoms with Gasteiger partial charge < -0.3 is 0 Å². The molecule has 3 fully saturated rings. The lowest BCUT2D eigenvalue weighted by Crippen LogP contribution is -2.57. The summed E-state index contributed by atoms with van der Waals surface area (Å²) in [4.78, 5) is 12.6. The number of ketones is 1. The van der Waals surface area contributed by atoms with Crippen LogP contribution < -0.4 is 0 Å². The zero-order chi connectivity index (χ0) is 13.8. The van der Waals surface area contributed by atoms with Gasteiger partial charge in [0.2, 0.25) is 0 Å². The van der Waals surface area contributed by atoms with Crippen molar-refractivity contribution in [2.75, 3.05) is 0 Å². The van der Waals surface area contributed by atoms with E-state index in [1.54, 1.807) is 0 Å². The number of carbonyl (C=O) groups excluding carboxylic acids is 1. The van der Waals surface area contributed by atoms with Crippen molar-refractivity contribution in [1.82, 2.24) is 0 Å². The second-order valence-electron chi connectivity index (χ2n) is 6.52. The van der Waals surface area contributed by atoms with Gasteiger partial charge in [0.15, 0.2) is 5.78 Å². The van der Waals surface area contributed by atoms with Crippen LogP contribution in [0.15, 0.2) is 29.8 Å². The van der Waals surface area contributed by atoms with Gasteiger partial charge in [-0.15, -0.1) is 0 Å². The van der Waals surface area contributed by atoms with Gasteiger partial charge in [0, 0.05) is 10.9 Å². The third-order valence-electron chi connectivity index (χ3n) is 5.23. The van der Waals surface area contributed by atoms with Gasteiger partial charge in [-0.05, 0) is 53.0 Å². The van der Waals surface area contributed by atoms with Gasteiger partial charge in [0.1, 0.15) is 0 Å². The molecule has 4 rings (SSSR count). The van der Waals surface area contributed by atoms with E-state index in [4.69, 9.17) is 11.6 Å². The normalized spacial score (nSPS) is 34.2. The Balaban J connectivity index is 1.94. The number of allylic oxidation sites excluding steroid dienone is 1. The number of hydrogen-bond acceptors (Lipinski definition) is 1. The Morgan fingerprint density at radius 2 is 1.89 bits per heavy atom. The number of Topliss-reactive ketones (excluding diaryl/α,β-unsaturated/α-hetero) is 1. The summed E-state index contributed by atoms with van der Waals surface area (Å²) in [7, 11) is 0. The molecule has 1 nitrogen and oxygen atoms in total. The Morgan fingerprint density at radius 3 is 2.42 bits per heavy atom. The number of benzene rings is 1. The zero-order valence-corrected chi connectivity index (χ0v) is 12.4. The van der Waals surface area contributed by atoms with Gasteiger partial charge in [-0.25, -0.2) is 0 Å².